The molecule has 5 heteroatoms. The van der Waals surface area contributed by atoms with Gasteiger partial charge in [0, 0.05) is 18.9 Å². The fourth-order valence-corrected chi connectivity index (χ4v) is 2.08. The van der Waals surface area contributed by atoms with Gasteiger partial charge in [-0.15, -0.1) is 0 Å². The van der Waals surface area contributed by atoms with Gasteiger partial charge in [0.1, 0.15) is 10.4 Å². The topological polar surface area (TPSA) is 66.2 Å². The zero-order valence-electron chi connectivity index (χ0n) is 10.6. The fourth-order valence-electron chi connectivity index (χ4n) is 1.90. The number of carboxylic acid groups (broad SMARTS) is 1. The van der Waals surface area contributed by atoms with Crippen molar-refractivity contribution < 1.29 is 14.4 Å². The number of unbranched alkanes of at least 4 members (excludes halogenated alkanes) is 6. The minimum Gasteiger partial charge on any atom is -0.481 e. The largest absolute Gasteiger partial charge is 0.481 e. The Bertz CT molecular complexity index is 397. The normalized spacial score (nSPS) is 10.7. The Morgan fingerprint density at radius 2 is 1.78 bits per heavy atom. The van der Waals surface area contributed by atoms with Gasteiger partial charge in [-0.2, -0.15) is 0 Å². The SMILES string of the molecule is O=C(O)CCCCCCCCCc1cc(=S)[nH]o1. The third kappa shape index (κ3) is 7.27. The van der Waals surface area contributed by atoms with Crippen LogP contribution in [0.5, 0.6) is 0 Å². The molecule has 102 valence electrons. The first-order valence-corrected chi connectivity index (χ1v) is 6.98. The van der Waals surface area contributed by atoms with Gasteiger partial charge in [-0.05, 0) is 12.8 Å². The third-order valence-electron chi connectivity index (χ3n) is 2.89. The van der Waals surface area contributed by atoms with E-state index in [4.69, 9.17) is 21.8 Å². The van der Waals surface area contributed by atoms with E-state index in [-0.39, 0.29) is 0 Å². The molecule has 0 atom stereocenters. The van der Waals surface area contributed by atoms with Crippen molar-refractivity contribution in [2.24, 2.45) is 0 Å². The van der Waals surface area contributed by atoms with Gasteiger partial charge >= 0.3 is 5.97 Å². The van der Waals surface area contributed by atoms with Gasteiger partial charge in [0.15, 0.2) is 0 Å². The lowest BCUT2D eigenvalue weighted by atomic mass is 10.1. The van der Waals surface area contributed by atoms with Crippen molar-refractivity contribution in [2.45, 2.75) is 57.8 Å². The van der Waals surface area contributed by atoms with E-state index >= 15 is 0 Å². The summed E-state index contributed by atoms with van der Waals surface area (Å²) in [6, 6.07) is 1.86. The molecule has 0 aliphatic rings. The van der Waals surface area contributed by atoms with E-state index in [9.17, 15) is 4.79 Å². The van der Waals surface area contributed by atoms with Gasteiger partial charge in [0.05, 0.1) is 0 Å². The predicted octanol–water partition coefficient (Wildman–Crippen LogP) is 4.09. The van der Waals surface area contributed by atoms with Crippen LogP contribution in [0.1, 0.15) is 57.1 Å². The molecule has 1 rings (SSSR count). The Kier molecular flexibility index (Phi) is 7.41. The van der Waals surface area contributed by atoms with Crippen LogP contribution in [0, 0.1) is 4.64 Å². The Hall–Kier alpha value is -1.10. The first-order valence-electron chi connectivity index (χ1n) is 6.57. The summed E-state index contributed by atoms with van der Waals surface area (Å²) in [6.07, 6.45) is 8.91. The first-order chi connectivity index (χ1) is 8.68. The van der Waals surface area contributed by atoms with Gasteiger partial charge in [-0.3, -0.25) is 4.79 Å². The molecule has 0 spiro atoms. The highest BCUT2D eigenvalue weighted by Gasteiger charge is 1.99. The summed E-state index contributed by atoms with van der Waals surface area (Å²) in [4.78, 5) is 10.3. The molecule has 1 aromatic heterocycles. The minimum absolute atomic E-state index is 0.304. The molecule has 0 saturated carbocycles. The molecule has 18 heavy (non-hydrogen) atoms. The second-order valence-corrected chi connectivity index (χ2v) is 4.99. The third-order valence-corrected chi connectivity index (χ3v) is 3.09. The fraction of sp³-hybridized carbons (Fsp3) is 0.692. The molecule has 0 aromatic carbocycles. The number of aromatic nitrogens is 1. The molecule has 1 aromatic rings. The van der Waals surface area contributed by atoms with Crippen LogP contribution >= 0.6 is 12.2 Å². The molecule has 0 aliphatic heterocycles. The van der Waals surface area contributed by atoms with Gasteiger partial charge in [0.25, 0.3) is 0 Å². The number of hydrogen-bond acceptors (Lipinski definition) is 3. The molecule has 4 nitrogen and oxygen atoms in total. The average molecular weight is 271 g/mol. The molecule has 0 amide bonds. The zero-order chi connectivity index (χ0) is 13.2. The van der Waals surface area contributed by atoms with Crippen LogP contribution < -0.4 is 0 Å². The standard InChI is InChI=1S/C13H21NO3S/c15-13(16)9-7-5-3-1-2-4-6-8-11-10-12(18)14-17-11/h10H,1-9H2,(H,14,18)(H,15,16). The maximum atomic E-state index is 10.3. The highest BCUT2D eigenvalue weighted by atomic mass is 32.1. The van der Waals surface area contributed by atoms with Crippen LogP contribution in [-0.2, 0) is 11.2 Å². The summed E-state index contributed by atoms with van der Waals surface area (Å²) in [6.45, 7) is 0. The number of hydrogen-bond donors (Lipinski definition) is 2. The highest BCUT2D eigenvalue weighted by molar-refractivity contribution is 7.71. The van der Waals surface area contributed by atoms with Gasteiger partial charge in [0.2, 0.25) is 0 Å². The predicted molar refractivity (Wildman–Crippen MR) is 72.2 cm³/mol. The molecular formula is C13H21NO3S. The van der Waals surface area contributed by atoms with E-state index in [1.165, 1.54) is 19.3 Å². The van der Waals surface area contributed by atoms with Crippen molar-refractivity contribution in [3.8, 4) is 0 Å². The summed E-state index contributed by atoms with van der Waals surface area (Å²) in [5, 5.41) is 11.1. The van der Waals surface area contributed by atoms with E-state index < -0.39 is 5.97 Å². The molecule has 0 bridgehead atoms. The lowest BCUT2D eigenvalue weighted by molar-refractivity contribution is -0.137. The van der Waals surface area contributed by atoms with Crippen LogP contribution in [-0.4, -0.2) is 16.2 Å². The number of aliphatic carboxylic acids is 1. The first kappa shape index (κ1) is 15.0. The van der Waals surface area contributed by atoms with Crippen molar-refractivity contribution in [1.82, 2.24) is 5.16 Å². The van der Waals surface area contributed by atoms with Gasteiger partial charge < -0.3 is 9.63 Å². The van der Waals surface area contributed by atoms with Gasteiger partial charge in [-0.1, -0.05) is 44.3 Å². The van der Waals surface area contributed by atoms with E-state index in [2.05, 4.69) is 5.16 Å². The van der Waals surface area contributed by atoms with Crippen molar-refractivity contribution in [2.75, 3.05) is 0 Å². The van der Waals surface area contributed by atoms with E-state index in [0.717, 1.165) is 37.9 Å². The molecule has 0 fully saturated rings. The Labute approximate surface area is 112 Å². The lowest BCUT2D eigenvalue weighted by Crippen LogP contribution is -1.93. The Morgan fingerprint density at radius 3 is 2.33 bits per heavy atom. The highest BCUT2D eigenvalue weighted by Crippen LogP contribution is 2.11. The quantitative estimate of drug-likeness (QED) is 0.497. The van der Waals surface area contributed by atoms with E-state index in [1.807, 2.05) is 6.07 Å². The van der Waals surface area contributed by atoms with Crippen LogP contribution in [0.3, 0.4) is 0 Å². The lowest BCUT2D eigenvalue weighted by Gasteiger charge is -2.00. The summed E-state index contributed by atoms with van der Waals surface area (Å²) in [7, 11) is 0. The van der Waals surface area contributed by atoms with E-state index in [0.29, 0.717) is 11.1 Å². The monoisotopic (exact) mass is 271 g/mol. The summed E-state index contributed by atoms with van der Waals surface area (Å²) < 4.78 is 5.82. The second kappa shape index (κ2) is 8.91. The number of nitrogens with one attached hydrogen (secondary N) is 1. The Morgan fingerprint density at radius 1 is 1.17 bits per heavy atom. The molecule has 0 saturated heterocycles. The van der Waals surface area contributed by atoms with Crippen molar-refractivity contribution >= 4 is 18.2 Å². The maximum absolute atomic E-state index is 10.3. The van der Waals surface area contributed by atoms with Crippen LogP contribution in [0.2, 0.25) is 0 Å². The van der Waals surface area contributed by atoms with Crippen molar-refractivity contribution in [1.29, 1.82) is 0 Å². The molecule has 0 aliphatic carbocycles. The number of aryl methyl sites for hydroxylation is 1. The van der Waals surface area contributed by atoms with Gasteiger partial charge in [-0.25, -0.2) is 5.16 Å². The van der Waals surface area contributed by atoms with Crippen LogP contribution in [0.25, 0.3) is 0 Å². The average Bonchev–Trinajstić information content (AvgIpc) is 2.72. The number of aromatic amines is 1. The molecule has 0 unspecified atom stereocenters. The summed E-state index contributed by atoms with van der Waals surface area (Å²) in [5.41, 5.74) is 0. The minimum atomic E-state index is -0.689. The molecule has 1 heterocycles. The van der Waals surface area contributed by atoms with Crippen LogP contribution in [0.4, 0.5) is 0 Å². The summed E-state index contributed by atoms with van der Waals surface area (Å²) >= 11 is 4.92. The molecule has 2 N–H and O–H groups in total. The van der Waals surface area contributed by atoms with E-state index in [1.54, 1.807) is 0 Å². The molecular weight excluding hydrogens is 250 g/mol. The van der Waals surface area contributed by atoms with Crippen LogP contribution in [0.15, 0.2) is 10.6 Å². The zero-order valence-corrected chi connectivity index (χ0v) is 11.4. The van der Waals surface area contributed by atoms with Crippen molar-refractivity contribution in [3.05, 3.63) is 16.5 Å². The van der Waals surface area contributed by atoms with Crippen molar-refractivity contribution in [3.63, 3.8) is 0 Å². The number of carbonyl (C=O) groups is 1. The number of carboxylic acids is 1. The smallest absolute Gasteiger partial charge is 0.303 e. The molecule has 0 radical (unpaired) electrons. The maximum Gasteiger partial charge on any atom is 0.303 e. The summed E-state index contributed by atoms with van der Waals surface area (Å²) in [5.74, 6) is 0.243. The number of H-pyrrole nitrogens is 1. The Balaban J connectivity index is 1.87. The number of rotatable bonds is 10. The second-order valence-electron chi connectivity index (χ2n) is 4.55.